The van der Waals surface area contributed by atoms with E-state index >= 15 is 0 Å². The molecule has 2 heterocycles. The van der Waals surface area contributed by atoms with E-state index in [1.807, 2.05) is 13.0 Å². The molecule has 94 valence electrons. The first-order valence-corrected chi connectivity index (χ1v) is 5.76. The minimum Gasteiger partial charge on any atom is -0.481 e. The Morgan fingerprint density at radius 2 is 2.17 bits per heavy atom. The number of nitrogens with one attached hydrogen (secondary N) is 1. The fraction of sp³-hybridized carbons (Fsp3) is 0.308. The van der Waals surface area contributed by atoms with Crippen molar-refractivity contribution in [3.8, 4) is 17.1 Å². The predicted octanol–water partition coefficient (Wildman–Crippen LogP) is 1.71. The summed E-state index contributed by atoms with van der Waals surface area (Å²) in [5.41, 5.74) is 1.98. The number of pyridine rings is 1. The second-order valence-corrected chi connectivity index (χ2v) is 3.93. The number of nitrogens with zero attached hydrogens (tertiary/aromatic N) is 2. The average molecular weight is 245 g/mol. The highest BCUT2D eigenvalue weighted by Gasteiger charge is 2.09. The van der Waals surface area contributed by atoms with Gasteiger partial charge in [-0.2, -0.15) is 0 Å². The van der Waals surface area contributed by atoms with Gasteiger partial charge in [0.25, 0.3) is 5.56 Å². The molecule has 0 atom stereocenters. The smallest absolute Gasteiger partial charge is 0.254 e. The number of rotatable bonds is 3. The van der Waals surface area contributed by atoms with E-state index in [1.54, 1.807) is 26.3 Å². The van der Waals surface area contributed by atoms with Crippen molar-refractivity contribution in [1.29, 1.82) is 0 Å². The first-order chi connectivity index (χ1) is 8.65. The topological polar surface area (TPSA) is 67.9 Å². The zero-order valence-corrected chi connectivity index (χ0v) is 10.7. The lowest BCUT2D eigenvalue weighted by Gasteiger charge is -2.07. The maximum absolute atomic E-state index is 11.8. The monoisotopic (exact) mass is 245 g/mol. The zero-order valence-electron chi connectivity index (χ0n) is 10.7. The molecule has 0 spiro atoms. The molecular formula is C13H15N3O2. The van der Waals surface area contributed by atoms with Gasteiger partial charge in [-0.05, 0) is 13.0 Å². The van der Waals surface area contributed by atoms with Gasteiger partial charge >= 0.3 is 0 Å². The third-order valence-electron chi connectivity index (χ3n) is 2.75. The molecule has 0 amide bonds. The number of methoxy groups -OCH3 is 1. The normalized spacial score (nSPS) is 10.4. The van der Waals surface area contributed by atoms with Crippen molar-refractivity contribution < 1.29 is 4.74 Å². The highest BCUT2D eigenvalue weighted by Crippen LogP contribution is 2.19. The molecule has 2 rings (SSSR count). The number of H-pyrrole nitrogens is 1. The van der Waals surface area contributed by atoms with E-state index in [0.717, 1.165) is 5.56 Å². The van der Waals surface area contributed by atoms with E-state index in [1.165, 1.54) is 0 Å². The van der Waals surface area contributed by atoms with Crippen molar-refractivity contribution in [2.45, 2.75) is 20.3 Å². The van der Waals surface area contributed by atoms with Gasteiger partial charge < -0.3 is 9.72 Å². The Labute approximate surface area is 105 Å². The fourth-order valence-corrected chi connectivity index (χ4v) is 1.67. The second kappa shape index (κ2) is 5.00. The lowest BCUT2D eigenvalue weighted by atomic mass is 10.1. The van der Waals surface area contributed by atoms with Crippen molar-refractivity contribution in [3.63, 3.8) is 0 Å². The number of aromatic nitrogens is 3. The van der Waals surface area contributed by atoms with Gasteiger partial charge in [0.05, 0.1) is 12.8 Å². The summed E-state index contributed by atoms with van der Waals surface area (Å²) in [5, 5.41) is 0. The molecule has 5 heteroatoms. The summed E-state index contributed by atoms with van der Waals surface area (Å²) in [4.78, 5) is 23.1. The Morgan fingerprint density at radius 1 is 1.39 bits per heavy atom. The first-order valence-electron chi connectivity index (χ1n) is 5.76. The molecule has 0 aliphatic rings. The van der Waals surface area contributed by atoms with Crippen LogP contribution < -0.4 is 10.3 Å². The van der Waals surface area contributed by atoms with E-state index in [9.17, 15) is 4.79 Å². The maximum Gasteiger partial charge on any atom is 0.254 e. The fourth-order valence-electron chi connectivity index (χ4n) is 1.67. The van der Waals surface area contributed by atoms with Crippen LogP contribution in [0.3, 0.4) is 0 Å². The van der Waals surface area contributed by atoms with Gasteiger partial charge in [0.2, 0.25) is 5.88 Å². The molecule has 0 bridgehead atoms. The Morgan fingerprint density at radius 3 is 2.72 bits per heavy atom. The first kappa shape index (κ1) is 12.3. The third-order valence-corrected chi connectivity index (χ3v) is 2.75. The lowest BCUT2D eigenvalue weighted by molar-refractivity contribution is 0.398. The van der Waals surface area contributed by atoms with Gasteiger partial charge in [-0.1, -0.05) is 6.92 Å². The van der Waals surface area contributed by atoms with E-state index in [-0.39, 0.29) is 5.56 Å². The maximum atomic E-state index is 11.8. The predicted molar refractivity (Wildman–Crippen MR) is 68.8 cm³/mol. The van der Waals surface area contributed by atoms with Gasteiger partial charge in [0, 0.05) is 29.8 Å². The van der Waals surface area contributed by atoms with E-state index in [0.29, 0.717) is 29.4 Å². The second-order valence-electron chi connectivity index (χ2n) is 3.93. The molecule has 5 nitrogen and oxygen atoms in total. The van der Waals surface area contributed by atoms with Crippen LogP contribution in [0, 0.1) is 6.92 Å². The minimum absolute atomic E-state index is 0.104. The van der Waals surface area contributed by atoms with Crippen LogP contribution in [0.1, 0.15) is 18.3 Å². The Bertz CT molecular complexity index is 603. The number of aromatic amines is 1. The average Bonchev–Trinajstić information content (AvgIpc) is 2.42. The summed E-state index contributed by atoms with van der Waals surface area (Å²) in [6.45, 7) is 3.70. The van der Waals surface area contributed by atoms with Crippen molar-refractivity contribution in [1.82, 2.24) is 15.0 Å². The van der Waals surface area contributed by atoms with E-state index in [2.05, 4.69) is 15.0 Å². The molecule has 2 aromatic rings. The molecule has 0 aliphatic carbocycles. The van der Waals surface area contributed by atoms with Crippen LogP contribution in [0.4, 0.5) is 0 Å². The van der Waals surface area contributed by atoms with Crippen LogP contribution in [0.2, 0.25) is 0 Å². The minimum atomic E-state index is -0.104. The van der Waals surface area contributed by atoms with Crippen LogP contribution in [-0.4, -0.2) is 22.1 Å². The highest BCUT2D eigenvalue weighted by atomic mass is 16.5. The summed E-state index contributed by atoms with van der Waals surface area (Å²) in [6, 6.07) is 3.60. The van der Waals surface area contributed by atoms with Gasteiger partial charge in [-0.25, -0.2) is 9.97 Å². The molecule has 0 unspecified atom stereocenters. The van der Waals surface area contributed by atoms with Crippen molar-refractivity contribution in [3.05, 3.63) is 40.1 Å². The molecule has 0 radical (unpaired) electrons. The van der Waals surface area contributed by atoms with Gasteiger partial charge in [0.1, 0.15) is 5.82 Å². The van der Waals surface area contributed by atoms with Crippen molar-refractivity contribution >= 4 is 0 Å². The Hall–Kier alpha value is -2.17. The highest BCUT2D eigenvalue weighted by molar-refractivity contribution is 5.61. The van der Waals surface area contributed by atoms with E-state index < -0.39 is 0 Å². The quantitative estimate of drug-likeness (QED) is 0.893. The zero-order chi connectivity index (χ0) is 13.1. The van der Waals surface area contributed by atoms with Gasteiger partial charge in [0.15, 0.2) is 0 Å². The molecule has 2 aromatic heterocycles. The summed E-state index contributed by atoms with van der Waals surface area (Å²) < 4.78 is 5.00. The summed E-state index contributed by atoms with van der Waals surface area (Å²) in [5.74, 6) is 1.22. The van der Waals surface area contributed by atoms with Gasteiger partial charge in [-0.3, -0.25) is 4.79 Å². The lowest BCUT2D eigenvalue weighted by Crippen LogP contribution is -2.15. The summed E-state index contributed by atoms with van der Waals surface area (Å²) in [7, 11) is 1.56. The molecule has 0 fully saturated rings. The number of aryl methyl sites for hydroxylation is 1. The SMILES string of the molecule is CCc1nc(-c2ccc(OC)nc2)c(C)c(=O)[nH]1. The van der Waals surface area contributed by atoms with Crippen LogP contribution in [0.15, 0.2) is 23.1 Å². The standard InChI is InChI=1S/C13H15N3O2/c1-4-10-15-12(8(2)13(17)16-10)9-5-6-11(18-3)14-7-9/h5-7H,4H2,1-3H3,(H,15,16,17). The van der Waals surface area contributed by atoms with Gasteiger partial charge in [-0.15, -0.1) is 0 Å². The number of hydrogen-bond donors (Lipinski definition) is 1. The van der Waals surface area contributed by atoms with Crippen LogP contribution >= 0.6 is 0 Å². The Balaban J connectivity index is 2.55. The molecule has 0 aromatic carbocycles. The van der Waals surface area contributed by atoms with Crippen LogP contribution in [0.5, 0.6) is 5.88 Å². The van der Waals surface area contributed by atoms with Crippen LogP contribution in [0.25, 0.3) is 11.3 Å². The number of hydrogen-bond acceptors (Lipinski definition) is 4. The number of ether oxygens (including phenoxy) is 1. The molecule has 18 heavy (non-hydrogen) atoms. The molecular weight excluding hydrogens is 230 g/mol. The molecule has 0 saturated carbocycles. The Kier molecular flexibility index (Phi) is 3.41. The third kappa shape index (κ3) is 2.25. The molecule has 0 saturated heterocycles. The van der Waals surface area contributed by atoms with Crippen molar-refractivity contribution in [2.24, 2.45) is 0 Å². The van der Waals surface area contributed by atoms with Crippen LogP contribution in [-0.2, 0) is 6.42 Å². The summed E-state index contributed by atoms with van der Waals surface area (Å²) in [6.07, 6.45) is 2.35. The molecule has 0 aliphatic heterocycles. The van der Waals surface area contributed by atoms with Crippen molar-refractivity contribution in [2.75, 3.05) is 7.11 Å². The van der Waals surface area contributed by atoms with E-state index in [4.69, 9.17) is 4.74 Å². The summed E-state index contributed by atoms with van der Waals surface area (Å²) >= 11 is 0. The molecule has 1 N–H and O–H groups in total. The largest absolute Gasteiger partial charge is 0.481 e.